The van der Waals surface area contributed by atoms with Crippen LogP contribution in [0.2, 0.25) is 0 Å². The zero-order valence-corrected chi connectivity index (χ0v) is 10.5. The van der Waals surface area contributed by atoms with Crippen LogP contribution in [-0.4, -0.2) is 0 Å². The van der Waals surface area contributed by atoms with E-state index in [0.29, 0.717) is 6.54 Å². The number of benzene rings is 1. The number of nitrogens with one attached hydrogen (secondary N) is 1. The molecule has 1 aliphatic rings. The number of rotatable bonds is 4. The summed E-state index contributed by atoms with van der Waals surface area (Å²) in [4.78, 5) is 0. The second-order valence-corrected chi connectivity index (χ2v) is 5.51. The number of allylic oxidation sites excluding steroid dienone is 2. The van der Waals surface area contributed by atoms with Crippen LogP contribution in [0.15, 0.2) is 46.9 Å². The Morgan fingerprint density at radius 2 is 2.00 bits per heavy atom. The van der Waals surface area contributed by atoms with E-state index < -0.39 is 0 Å². The fourth-order valence-corrected chi connectivity index (χ4v) is 3.05. The van der Waals surface area contributed by atoms with Gasteiger partial charge in [0.2, 0.25) is 0 Å². The molecule has 0 bridgehead atoms. The maximum Gasteiger partial charge on any atom is 0.0795 e. The Balaban J connectivity index is 1.98. The highest BCUT2D eigenvalue weighted by Crippen LogP contribution is 2.32. The molecule has 84 valence electrons. The molecule has 0 fully saturated rings. The minimum atomic E-state index is 0.596. The molecule has 0 aliphatic carbocycles. The third kappa shape index (κ3) is 3.07. The molecule has 0 unspecified atom stereocenters. The minimum absolute atomic E-state index is 0.596. The molecule has 3 N–H and O–H groups in total. The van der Waals surface area contributed by atoms with Crippen molar-refractivity contribution in [2.45, 2.75) is 13.1 Å². The molecule has 0 atom stereocenters. The molecule has 0 saturated carbocycles. The first-order valence-corrected chi connectivity index (χ1v) is 7.32. The monoisotopic (exact) mass is 250 g/mol. The first-order valence-electron chi connectivity index (χ1n) is 5.11. The maximum atomic E-state index is 5.70. The molecule has 1 heterocycles. The van der Waals surface area contributed by atoms with Crippen LogP contribution >= 0.6 is 21.6 Å². The Kier molecular flexibility index (Phi) is 4.39. The third-order valence-corrected chi connectivity index (χ3v) is 4.30. The Labute approximate surface area is 104 Å². The highest BCUT2D eigenvalue weighted by Gasteiger charge is 2.03. The quantitative estimate of drug-likeness (QED) is 0.806. The van der Waals surface area contributed by atoms with Crippen LogP contribution < -0.4 is 11.1 Å². The zero-order valence-electron chi connectivity index (χ0n) is 8.85. The van der Waals surface area contributed by atoms with Crippen LogP contribution in [0.5, 0.6) is 0 Å². The van der Waals surface area contributed by atoms with Crippen LogP contribution in [0.4, 0.5) is 0 Å². The van der Waals surface area contributed by atoms with Gasteiger partial charge in [0.05, 0.1) is 5.03 Å². The molecular weight excluding hydrogens is 236 g/mol. The van der Waals surface area contributed by atoms with Crippen LogP contribution in [0.1, 0.15) is 11.1 Å². The van der Waals surface area contributed by atoms with Gasteiger partial charge in [-0.05, 0) is 33.4 Å². The summed E-state index contributed by atoms with van der Waals surface area (Å²) in [6.07, 6.45) is 4.14. The number of hydrogen-bond donors (Lipinski definition) is 2. The summed E-state index contributed by atoms with van der Waals surface area (Å²) in [5, 5.41) is 6.68. The number of hydrogen-bond acceptors (Lipinski definition) is 4. The van der Waals surface area contributed by atoms with E-state index >= 15 is 0 Å². The van der Waals surface area contributed by atoms with E-state index in [9.17, 15) is 0 Å². The van der Waals surface area contributed by atoms with Crippen LogP contribution in [-0.2, 0) is 13.1 Å². The van der Waals surface area contributed by atoms with Crippen molar-refractivity contribution in [3.8, 4) is 0 Å². The summed E-state index contributed by atoms with van der Waals surface area (Å²) in [5.74, 6) is 0. The zero-order chi connectivity index (χ0) is 11.2. The van der Waals surface area contributed by atoms with Crippen molar-refractivity contribution in [3.05, 3.63) is 58.0 Å². The largest absolute Gasteiger partial charge is 0.375 e. The van der Waals surface area contributed by atoms with Gasteiger partial charge in [-0.2, -0.15) is 0 Å². The van der Waals surface area contributed by atoms with E-state index in [4.69, 9.17) is 5.73 Å². The standard InChI is InChI=1S/C12H14N2S2/c13-8-10-4-1-2-5-11(10)9-14-12-6-3-7-15-16-12/h1-7,14H,8-9,13H2. The Bertz CT molecular complexity index is 413. The van der Waals surface area contributed by atoms with E-state index in [1.165, 1.54) is 16.2 Å². The lowest BCUT2D eigenvalue weighted by atomic mass is 10.1. The summed E-state index contributed by atoms with van der Waals surface area (Å²) in [5.41, 5.74) is 8.17. The van der Waals surface area contributed by atoms with Crippen molar-refractivity contribution in [1.29, 1.82) is 0 Å². The smallest absolute Gasteiger partial charge is 0.0795 e. The molecule has 16 heavy (non-hydrogen) atoms. The van der Waals surface area contributed by atoms with E-state index in [1.807, 2.05) is 12.1 Å². The van der Waals surface area contributed by atoms with Crippen LogP contribution in [0.25, 0.3) is 0 Å². The van der Waals surface area contributed by atoms with Crippen molar-refractivity contribution < 1.29 is 0 Å². The average molecular weight is 250 g/mol. The first kappa shape index (κ1) is 11.6. The molecule has 0 saturated heterocycles. The molecule has 1 aromatic rings. The normalized spacial score (nSPS) is 14.7. The molecule has 1 aliphatic heterocycles. The molecule has 0 spiro atoms. The highest BCUT2D eigenvalue weighted by atomic mass is 33.1. The SMILES string of the molecule is NCc1ccccc1CNC1=CC=CSS1. The van der Waals surface area contributed by atoms with E-state index in [0.717, 1.165) is 6.54 Å². The van der Waals surface area contributed by atoms with Crippen LogP contribution in [0.3, 0.4) is 0 Å². The second-order valence-electron chi connectivity index (χ2n) is 3.37. The fourth-order valence-electron chi connectivity index (χ4n) is 1.47. The summed E-state index contributed by atoms with van der Waals surface area (Å²) < 4.78 is 0. The second kappa shape index (κ2) is 6.03. The molecule has 0 aromatic heterocycles. The fraction of sp³-hybridized carbons (Fsp3) is 0.167. The van der Waals surface area contributed by atoms with Gasteiger partial charge in [-0.15, -0.1) is 0 Å². The highest BCUT2D eigenvalue weighted by molar-refractivity contribution is 8.79. The first-order chi connectivity index (χ1) is 7.90. The van der Waals surface area contributed by atoms with Gasteiger partial charge in [-0.25, -0.2) is 0 Å². The van der Waals surface area contributed by atoms with Crippen molar-refractivity contribution in [2.24, 2.45) is 5.73 Å². The predicted molar refractivity (Wildman–Crippen MR) is 73.6 cm³/mol. The average Bonchev–Trinajstić information content (AvgIpc) is 2.38. The predicted octanol–water partition coefficient (Wildman–Crippen LogP) is 2.99. The molecule has 0 amide bonds. The topological polar surface area (TPSA) is 38.0 Å². The van der Waals surface area contributed by atoms with E-state index in [1.54, 1.807) is 21.6 Å². The Morgan fingerprint density at radius 1 is 1.19 bits per heavy atom. The van der Waals surface area contributed by atoms with Gasteiger partial charge in [0.1, 0.15) is 0 Å². The molecule has 4 heteroatoms. The maximum absolute atomic E-state index is 5.70. The van der Waals surface area contributed by atoms with Crippen LogP contribution in [0, 0.1) is 0 Å². The van der Waals surface area contributed by atoms with Gasteiger partial charge >= 0.3 is 0 Å². The van der Waals surface area contributed by atoms with E-state index in [-0.39, 0.29) is 0 Å². The summed E-state index contributed by atoms with van der Waals surface area (Å²) >= 11 is 0. The third-order valence-electron chi connectivity index (χ3n) is 2.31. The lowest BCUT2D eigenvalue weighted by Crippen LogP contribution is -2.13. The van der Waals surface area contributed by atoms with Gasteiger partial charge < -0.3 is 11.1 Å². The molecular formula is C12H14N2S2. The van der Waals surface area contributed by atoms with Gasteiger partial charge in [0.25, 0.3) is 0 Å². The lowest BCUT2D eigenvalue weighted by molar-refractivity contribution is 0.838. The number of nitrogens with two attached hydrogens (primary N) is 1. The van der Waals surface area contributed by atoms with Gasteiger partial charge in [0, 0.05) is 13.1 Å². The lowest BCUT2D eigenvalue weighted by Gasteiger charge is -2.12. The van der Waals surface area contributed by atoms with Crippen molar-refractivity contribution in [3.63, 3.8) is 0 Å². The van der Waals surface area contributed by atoms with Crippen molar-refractivity contribution in [1.82, 2.24) is 5.32 Å². The Hall–Kier alpha value is -0.840. The molecule has 0 radical (unpaired) electrons. The Morgan fingerprint density at radius 3 is 2.69 bits per heavy atom. The van der Waals surface area contributed by atoms with Gasteiger partial charge in [0.15, 0.2) is 0 Å². The van der Waals surface area contributed by atoms with Crippen molar-refractivity contribution in [2.75, 3.05) is 0 Å². The van der Waals surface area contributed by atoms with Gasteiger partial charge in [-0.3, -0.25) is 0 Å². The minimum Gasteiger partial charge on any atom is -0.375 e. The van der Waals surface area contributed by atoms with Crippen molar-refractivity contribution >= 4 is 21.6 Å². The molecule has 1 aromatic carbocycles. The van der Waals surface area contributed by atoms with E-state index in [2.05, 4.69) is 35.0 Å². The summed E-state index contributed by atoms with van der Waals surface area (Å²) in [6, 6.07) is 8.27. The summed E-state index contributed by atoms with van der Waals surface area (Å²) in [6.45, 7) is 1.43. The molecule has 2 nitrogen and oxygen atoms in total. The summed E-state index contributed by atoms with van der Waals surface area (Å²) in [7, 11) is 3.47. The van der Waals surface area contributed by atoms with Gasteiger partial charge in [-0.1, -0.05) is 41.1 Å². The molecule has 2 rings (SSSR count).